The van der Waals surface area contributed by atoms with E-state index < -0.39 is 0 Å². The monoisotopic (exact) mass is 195 g/mol. The molecule has 0 saturated heterocycles. The molecular weight excluding hydrogens is 182 g/mol. The molecule has 0 saturated carbocycles. The Hall–Kier alpha value is -1.72. The molecule has 1 aromatic heterocycles. The highest BCUT2D eigenvalue weighted by atomic mass is 16.2. The molecule has 6 heteroatoms. The number of hydrogen-bond acceptors (Lipinski definition) is 4. The second-order valence-corrected chi connectivity index (χ2v) is 3.08. The zero-order chi connectivity index (χ0) is 10.6. The topological polar surface area (TPSA) is 74.8 Å². The lowest BCUT2D eigenvalue weighted by Crippen LogP contribution is -2.37. The number of rotatable bonds is 4. The average Bonchev–Trinajstić information content (AvgIpc) is 2.65. The predicted octanol–water partition coefficient (Wildman–Crippen LogP) is 0.236. The van der Waals surface area contributed by atoms with Crippen LogP contribution in [0.15, 0.2) is 12.7 Å². The number of aromatic amines is 1. The van der Waals surface area contributed by atoms with Gasteiger partial charge in [0.05, 0.1) is 0 Å². The van der Waals surface area contributed by atoms with Crippen LogP contribution in [0.2, 0.25) is 0 Å². The SMILES string of the molecule is C=CCN(C(=O)c1nn[nH]n1)C(C)C. The first-order valence-corrected chi connectivity index (χ1v) is 4.32. The molecule has 0 radical (unpaired) electrons. The van der Waals surface area contributed by atoms with Gasteiger partial charge in [0.1, 0.15) is 0 Å². The number of carbonyl (C=O) groups excluding carboxylic acids is 1. The lowest BCUT2D eigenvalue weighted by Gasteiger charge is -2.23. The van der Waals surface area contributed by atoms with Gasteiger partial charge in [0.25, 0.3) is 11.7 Å². The largest absolute Gasteiger partial charge is 0.330 e. The molecule has 0 fully saturated rings. The molecule has 1 rings (SSSR count). The predicted molar refractivity (Wildman–Crippen MR) is 50.5 cm³/mol. The number of nitrogens with one attached hydrogen (secondary N) is 1. The zero-order valence-corrected chi connectivity index (χ0v) is 8.27. The van der Waals surface area contributed by atoms with Gasteiger partial charge in [0.15, 0.2) is 0 Å². The zero-order valence-electron chi connectivity index (χ0n) is 8.27. The van der Waals surface area contributed by atoms with Gasteiger partial charge in [-0.05, 0) is 19.1 Å². The van der Waals surface area contributed by atoms with Gasteiger partial charge < -0.3 is 4.90 Å². The van der Waals surface area contributed by atoms with Gasteiger partial charge in [0.2, 0.25) is 0 Å². The van der Waals surface area contributed by atoms with Gasteiger partial charge in [-0.15, -0.1) is 16.8 Å². The van der Waals surface area contributed by atoms with Crippen LogP contribution in [0, 0.1) is 0 Å². The van der Waals surface area contributed by atoms with Crippen LogP contribution in [0.3, 0.4) is 0 Å². The Morgan fingerprint density at radius 2 is 2.43 bits per heavy atom. The summed E-state index contributed by atoms with van der Waals surface area (Å²) < 4.78 is 0. The summed E-state index contributed by atoms with van der Waals surface area (Å²) in [6.45, 7) is 7.90. The van der Waals surface area contributed by atoms with Gasteiger partial charge in [-0.1, -0.05) is 6.08 Å². The number of amides is 1. The third-order valence-corrected chi connectivity index (χ3v) is 1.75. The van der Waals surface area contributed by atoms with Crippen molar-refractivity contribution in [1.82, 2.24) is 25.5 Å². The summed E-state index contributed by atoms with van der Waals surface area (Å²) in [5.41, 5.74) is 0. The normalized spacial score (nSPS) is 10.2. The highest BCUT2D eigenvalue weighted by Crippen LogP contribution is 2.02. The third kappa shape index (κ3) is 2.15. The van der Waals surface area contributed by atoms with Crippen LogP contribution in [0.5, 0.6) is 0 Å². The van der Waals surface area contributed by atoms with E-state index in [9.17, 15) is 4.79 Å². The molecule has 1 N–H and O–H groups in total. The molecule has 0 spiro atoms. The summed E-state index contributed by atoms with van der Waals surface area (Å²) in [4.78, 5) is 13.3. The second-order valence-electron chi connectivity index (χ2n) is 3.08. The highest BCUT2D eigenvalue weighted by Gasteiger charge is 2.20. The Kier molecular flexibility index (Phi) is 3.33. The van der Waals surface area contributed by atoms with E-state index in [0.717, 1.165) is 0 Å². The van der Waals surface area contributed by atoms with Crippen LogP contribution >= 0.6 is 0 Å². The van der Waals surface area contributed by atoms with Crippen molar-refractivity contribution in [2.45, 2.75) is 19.9 Å². The molecule has 0 aliphatic carbocycles. The summed E-state index contributed by atoms with van der Waals surface area (Å²) in [5, 5.41) is 12.8. The average molecular weight is 195 g/mol. The standard InChI is InChI=1S/C8H13N5O/c1-4-5-13(6(2)3)8(14)7-9-11-12-10-7/h4,6H,1,5H2,2-3H3,(H,9,10,11,12). The van der Waals surface area contributed by atoms with Crippen LogP contribution in [0.25, 0.3) is 0 Å². The van der Waals surface area contributed by atoms with Crippen molar-refractivity contribution in [3.8, 4) is 0 Å². The quantitative estimate of drug-likeness (QED) is 0.698. The van der Waals surface area contributed by atoms with Gasteiger partial charge >= 0.3 is 0 Å². The maximum absolute atomic E-state index is 11.7. The van der Waals surface area contributed by atoms with E-state index >= 15 is 0 Å². The highest BCUT2D eigenvalue weighted by molar-refractivity contribution is 5.90. The lowest BCUT2D eigenvalue weighted by atomic mass is 10.3. The van der Waals surface area contributed by atoms with Crippen LogP contribution in [0.4, 0.5) is 0 Å². The fraction of sp³-hybridized carbons (Fsp3) is 0.500. The van der Waals surface area contributed by atoms with Crippen molar-refractivity contribution < 1.29 is 4.79 Å². The van der Waals surface area contributed by atoms with E-state index in [1.54, 1.807) is 11.0 Å². The fourth-order valence-electron chi connectivity index (χ4n) is 1.05. The van der Waals surface area contributed by atoms with Crippen LogP contribution < -0.4 is 0 Å². The molecule has 0 atom stereocenters. The number of aromatic nitrogens is 4. The summed E-state index contributed by atoms with van der Waals surface area (Å²) in [6.07, 6.45) is 1.66. The molecule has 0 aliphatic rings. The molecular formula is C8H13N5O. The lowest BCUT2D eigenvalue weighted by molar-refractivity contribution is 0.0716. The Balaban J connectivity index is 2.79. The third-order valence-electron chi connectivity index (χ3n) is 1.75. The van der Waals surface area contributed by atoms with Gasteiger partial charge in [0, 0.05) is 12.6 Å². The molecule has 0 unspecified atom stereocenters. The molecule has 1 aromatic rings. The van der Waals surface area contributed by atoms with Crippen molar-refractivity contribution in [3.05, 3.63) is 18.5 Å². The molecule has 0 aromatic carbocycles. The van der Waals surface area contributed by atoms with E-state index in [2.05, 4.69) is 27.2 Å². The van der Waals surface area contributed by atoms with Crippen molar-refractivity contribution in [1.29, 1.82) is 0 Å². The Morgan fingerprint density at radius 1 is 1.71 bits per heavy atom. The summed E-state index contributed by atoms with van der Waals surface area (Å²) in [5.74, 6) is -0.158. The van der Waals surface area contributed by atoms with Crippen molar-refractivity contribution in [2.75, 3.05) is 6.54 Å². The van der Waals surface area contributed by atoms with E-state index in [1.807, 2.05) is 13.8 Å². The van der Waals surface area contributed by atoms with Gasteiger partial charge in [-0.25, -0.2) is 0 Å². The molecule has 14 heavy (non-hydrogen) atoms. The Morgan fingerprint density at radius 3 is 2.86 bits per heavy atom. The molecule has 1 heterocycles. The van der Waals surface area contributed by atoms with Crippen molar-refractivity contribution >= 4 is 5.91 Å². The van der Waals surface area contributed by atoms with E-state index in [1.165, 1.54) is 0 Å². The van der Waals surface area contributed by atoms with Crippen LogP contribution in [-0.2, 0) is 0 Å². The summed E-state index contributed by atoms with van der Waals surface area (Å²) >= 11 is 0. The summed E-state index contributed by atoms with van der Waals surface area (Å²) in [6, 6.07) is 0.0824. The molecule has 76 valence electrons. The maximum Gasteiger partial charge on any atom is 0.295 e. The number of nitrogens with zero attached hydrogens (tertiary/aromatic N) is 4. The van der Waals surface area contributed by atoms with Crippen molar-refractivity contribution in [2.24, 2.45) is 0 Å². The van der Waals surface area contributed by atoms with E-state index in [0.29, 0.717) is 6.54 Å². The number of tetrazole rings is 1. The van der Waals surface area contributed by atoms with Crippen LogP contribution in [0.1, 0.15) is 24.5 Å². The number of hydrogen-bond donors (Lipinski definition) is 1. The summed E-state index contributed by atoms with van der Waals surface area (Å²) in [7, 11) is 0. The van der Waals surface area contributed by atoms with Gasteiger partial charge in [-0.3, -0.25) is 4.79 Å². The first kappa shape index (κ1) is 10.4. The van der Waals surface area contributed by atoms with Crippen LogP contribution in [-0.4, -0.2) is 44.0 Å². The second kappa shape index (κ2) is 4.50. The smallest absolute Gasteiger partial charge is 0.295 e. The fourth-order valence-corrected chi connectivity index (χ4v) is 1.05. The Labute approximate surface area is 82.0 Å². The minimum atomic E-state index is -0.242. The van der Waals surface area contributed by atoms with Gasteiger partial charge in [-0.2, -0.15) is 5.21 Å². The number of H-pyrrole nitrogens is 1. The minimum absolute atomic E-state index is 0.0824. The molecule has 0 aliphatic heterocycles. The Bertz CT molecular complexity index is 306. The molecule has 6 nitrogen and oxygen atoms in total. The molecule has 0 bridgehead atoms. The minimum Gasteiger partial charge on any atom is -0.330 e. The molecule has 1 amide bonds. The first-order valence-electron chi connectivity index (χ1n) is 4.32. The maximum atomic E-state index is 11.7. The van der Waals surface area contributed by atoms with E-state index in [4.69, 9.17) is 0 Å². The van der Waals surface area contributed by atoms with Crippen molar-refractivity contribution in [3.63, 3.8) is 0 Å². The van der Waals surface area contributed by atoms with E-state index in [-0.39, 0.29) is 17.8 Å². The number of carbonyl (C=O) groups is 1. The first-order chi connectivity index (χ1) is 6.66.